The van der Waals surface area contributed by atoms with Crippen LogP contribution in [-0.2, 0) is 28.8 Å². The average molecular weight is 461 g/mol. The number of nitrogens with two attached hydrogens (primary N) is 2. The van der Waals surface area contributed by atoms with Gasteiger partial charge in [-0.05, 0) is 0 Å². The van der Waals surface area contributed by atoms with Gasteiger partial charge in [0.1, 0.15) is 30.2 Å². The van der Waals surface area contributed by atoms with Crippen LogP contribution in [-0.4, -0.2) is 86.1 Å². The zero-order chi connectivity index (χ0) is 22.9. The number of imidazole rings is 1. The van der Waals surface area contributed by atoms with Crippen molar-refractivity contribution >= 4 is 39.2 Å². The van der Waals surface area contributed by atoms with Gasteiger partial charge in [-0.15, -0.1) is 0 Å². The molecule has 2 aromatic heterocycles. The minimum Gasteiger partial charge on any atom is -0.481 e. The number of carbonyl (C=O) groups excluding carboxylic acids is 1. The Balaban J connectivity index is 1.66. The number of nitrogens with one attached hydrogen (secondary N) is 1. The van der Waals surface area contributed by atoms with Gasteiger partial charge < -0.3 is 31.5 Å². The van der Waals surface area contributed by atoms with Gasteiger partial charge in [-0.25, -0.2) is 19.7 Å². The molecule has 0 radical (unpaired) electrons. The molecule has 1 unspecified atom stereocenters. The van der Waals surface area contributed by atoms with Gasteiger partial charge >= 0.3 is 16.3 Å². The van der Waals surface area contributed by atoms with Crippen molar-refractivity contribution in [3.8, 4) is 0 Å². The first kappa shape index (κ1) is 22.7. The molecule has 1 amide bonds. The normalized spacial score (nSPS) is 24.9. The number of ether oxygens (including phenoxy) is 1. The topological polar surface area (TPSA) is 255 Å². The molecule has 1 fully saturated rings. The summed E-state index contributed by atoms with van der Waals surface area (Å²) in [5.41, 5.74) is 11.4. The highest BCUT2D eigenvalue weighted by Gasteiger charge is 2.45. The molecule has 17 heteroatoms. The summed E-state index contributed by atoms with van der Waals surface area (Å²) in [5, 5.41) is 29.1. The largest absolute Gasteiger partial charge is 0.481 e. The zero-order valence-corrected chi connectivity index (χ0v) is 16.4. The van der Waals surface area contributed by atoms with E-state index in [2.05, 4.69) is 19.1 Å². The van der Waals surface area contributed by atoms with Crippen LogP contribution in [0.3, 0.4) is 0 Å². The van der Waals surface area contributed by atoms with Crippen LogP contribution in [0.1, 0.15) is 12.6 Å². The smallest absolute Gasteiger partial charge is 0.362 e. The molecular weight excluding hydrogens is 442 g/mol. The fraction of sp³-hybridized carbons (Fsp3) is 0.500. The molecule has 0 spiro atoms. The second-order valence-electron chi connectivity index (χ2n) is 6.54. The second kappa shape index (κ2) is 8.65. The maximum absolute atomic E-state index is 11.9. The number of nitrogens with zero attached hydrogens (tertiary/aromatic N) is 4. The van der Waals surface area contributed by atoms with Gasteiger partial charge in [0.25, 0.3) is 5.91 Å². The number of hydrogen-bond donors (Lipinski definition) is 6. The maximum atomic E-state index is 11.9. The molecule has 3 heterocycles. The van der Waals surface area contributed by atoms with Crippen LogP contribution < -0.4 is 16.2 Å². The number of fused-ring (bicyclic) bond motifs is 1. The van der Waals surface area contributed by atoms with E-state index in [1.54, 1.807) is 0 Å². The van der Waals surface area contributed by atoms with Crippen LogP contribution in [0.4, 0.5) is 5.82 Å². The first-order valence-electron chi connectivity index (χ1n) is 8.63. The maximum Gasteiger partial charge on any atom is 0.362 e. The standard InChI is InChI=1S/C14H19N7O9S/c15-5(1-7(22)23)13(26)20-31(27,28)29-2-6-9(24)10(25)14(30-6)21-4-19-8-11(16)17-3-18-12(8)21/h3-6,9-10,14,24-25H,1-2,15H2,(H,20,26)(H,22,23)(H2,16,17,18)/t5-,6+,9?,10-,14+/m0/s1. The third-order valence-electron chi connectivity index (χ3n) is 4.34. The Bertz CT molecular complexity index is 1090. The number of aliphatic hydroxyl groups excluding tert-OH is 2. The molecule has 0 aromatic carbocycles. The van der Waals surface area contributed by atoms with E-state index in [9.17, 15) is 28.2 Å². The van der Waals surface area contributed by atoms with Crippen LogP contribution in [0, 0.1) is 0 Å². The summed E-state index contributed by atoms with van der Waals surface area (Å²) in [6.07, 6.45) is -3.99. The van der Waals surface area contributed by atoms with Gasteiger partial charge in [-0.1, -0.05) is 0 Å². The van der Waals surface area contributed by atoms with E-state index >= 15 is 0 Å². The summed E-state index contributed by atoms with van der Waals surface area (Å²) in [5.74, 6) is -2.61. The third-order valence-corrected chi connectivity index (χ3v) is 5.24. The SMILES string of the molecule is Nc1ncnc2c1ncn2[C@@H]1O[C@H](COS(=O)(=O)NC(=O)[C@@H](N)CC(=O)O)C(O)[C@@H]1O. The molecular formula is C14H19N7O9S. The first-order valence-corrected chi connectivity index (χ1v) is 10.0. The van der Waals surface area contributed by atoms with Crippen LogP contribution in [0.2, 0.25) is 0 Å². The molecule has 2 aromatic rings. The number of aromatic nitrogens is 4. The van der Waals surface area contributed by atoms with Gasteiger partial charge in [0.15, 0.2) is 17.7 Å². The van der Waals surface area contributed by atoms with Gasteiger partial charge in [0, 0.05) is 0 Å². The number of nitrogen functional groups attached to an aromatic ring is 1. The molecule has 8 N–H and O–H groups in total. The summed E-state index contributed by atoms with van der Waals surface area (Å²) in [7, 11) is -4.70. The quantitative estimate of drug-likeness (QED) is 0.220. The summed E-state index contributed by atoms with van der Waals surface area (Å²) in [4.78, 5) is 34.0. The molecule has 1 saturated heterocycles. The highest BCUT2D eigenvalue weighted by atomic mass is 32.2. The lowest BCUT2D eigenvalue weighted by Crippen LogP contribution is -2.45. The number of carboxylic acids is 1. The minimum absolute atomic E-state index is 0.0830. The number of aliphatic hydroxyl groups is 2. The Morgan fingerprint density at radius 2 is 2.00 bits per heavy atom. The summed E-state index contributed by atoms with van der Waals surface area (Å²) in [6, 6.07) is -1.63. The van der Waals surface area contributed by atoms with Crippen molar-refractivity contribution in [2.75, 3.05) is 12.3 Å². The minimum atomic E-state index is -4.70. The second-order valence-corrected chi connectivity index (χ2v) is 7.89. The number of rotatable bonds is 8. The number of aliphatic carboxylic acids is 1. The van der Waals surface area contributed by atoms with E-state index in [0.29, 0.717) is 0 Å². The van der Waals surface area contributed by atoms with Crippen molar-refractivity contribution in [2.24, 2.45) is 5.73 Å². The molecule has 16 nitrogen and oxygen atoms in total. The van der Waals surface area contributed by atoms with Gasteiger partial charge in [0.2, 0.25) is 0 Å². The zero-order valence-electron chi connectivity index (χ0n) is 15.6. The van der Waals surface area contributed by atoms with Crippen LogP contribution >= 0.6 is 0 Å². The molecule has 0 saturated carbocycles. The molecule has 170 valence electrons. The number of amides is 1. The first-order chi connectivity index (χ1) is 14.5. The summed E-state index contributed by atoms with van der Waals surface area (Å²) >= 11 is 0. The lowest BCUT2D eigenvalue weighted by Gasteiger charge is -2.16. The van der Waals surface area contributed by atoms with E-state index in [1.165, 1.54) is 21.9 Å². The predicted molar refractivity (Wildman–Crippen MR) is 98.9 cm³/mol. The fourth-order valence-electron chi connectivity index (χ4n) is 2.82. The van der Waals surface area contributed by atoms with E-state index in [0.717, 1.165) is 0 Å². The summed E-state index contributed by atoms with van der Waals surface area (Å²) in [6.45, 7) is -0.782. The van der Waals surface area contributed by atoms with Crippen molar-refractivity contribution in [1.82, 2.24) is 24.2 Å². The van der Waals surface area contributed by atoms with Crippen molar-refractivity contribution < 1.29 is 42.2 Å². The van der Waals surface area contributed by atoms with Crippen LogP contribution in [0.15, 0.2) is 12.7 Å². The molecule has 1 aliphatic heterocycles. The molecule has 0 bridgehead atoms. The van der Waals surface area contributed by atoms with Crippen molar-refractivity contribution in [2.45, 2.75) is 37.0 Å². The van der Waals surface area contributed by atoms with Gasteiger partial charge in [-0.2, -0.15) is 8.42 Å². The molecule has 5 atom stereocenters. The lowest BCUT2D eigenvalue weighted by molar-refractivity contribution is -0.139. The average Bonchev–Trinajstić information content (AvgIpc) is 3.22. The van der Waals surface area contributed by atoms with E-state index in [-0.39, 0.29) is 17.0 Å². The Hall–Kier alpha value is -2.96. The van der Waals surface area contributed by atoms with E-state index < -0.39 is 65.8 Å². The number of anilines is 1. The van der Waals surface area contributed by atoms with Gasteiger partial charge in [0.05, 0.1) is 25.4 Å². The van der Waals surface area contributed by atoms with Crippen molar-refractivity contribution in [3.05, 3.63) is 12.7 Å². The van der Waals surface area contributed by atoms with E-state index in [1.807, 2.05) is 0 Å². The Morgan fingerprint density at radius 3 is 2.68 bits per heavy atom. The highest BCUT2D eigenvalue weighted by Crippen LogP contribution is 2.32. The monoisotopic (exact) mass is 461 g/mol. The Labute approximate surface area is 174 Å². The molecule has 0 aliphatic carbocycles. The Kier molecular flexibility index (Phi) is 6.34. The number of hydrogen-bond acceptors (Lipinski definition) is 13. The van der Waals surface area contributed by atoms with Crippen LogP contribution in [0.5, 0.6) is 0 Å². The highest BCUT2D eigenvalue weighted by molar-refractivity contribution is 7.85. The molecule has 31 heavy (non-hydrogen) atoms. The third kappa shape index (κ3) is 4.86. The molecule has 1 aliphatic rings. The number of carbonyl (C=O) groups is 2. The predicted octanol–water partition coefficient (Wildman–Crippen LogP) is -3.79. The van der Waals surface area contributed by atoms with Crippen molar-refractivity contribution in [1.29, 1.82) is 0 Å². The van der Waals surface area contributed by atoms with Crippen LogP contribution in [0.25, 0.3) is 11.2 Å². The van der Waals surface area contributed by atoms with Crippen molar-refractivity contribution in [3.63, 3.8) is 0 Å². The Morgan fingerprint density at radius 1 is 1.29 bits per heavy atom. The van der Waals surface area contributed by atoms with Gasteiger partial charge in [-0.3, -0.25) is 18.3 Å². The number of carboxylic acid groups (broad SMARTS) is 1. The summed E-state index contributed by atoms with van der Waals surface area (Å²) < 4.78 is 36.6. The lowest BCUT2D eigenvalue weighted by atomic mass is 10.1. The van der Waals surface area contributed by atoms with E-state index in [4.69, 9.17) is 21.3 Å². The fourth-order valence-corrected chi connectivity index (χ4v) is 3.59. The molecule has 3 rings (SSSR count).